The van der Waals surface area contributed by atoms with Crippen LogP contribution < -0.4 is 0 Å². The van der Waals surface area contributed by atoms with E-state index in [9.17, 15) is 0 Å². The minimum absolute atomic E-state index is 1.07. The summed E-state index contributed by atoms with van der Waals surface area (Å²) in [6.07, 6.45) is 6.86. The van der Waals surface area contributed by atoms with E-state index in [1.165, 1.54) is 66.4 Å². The number of benzene rings is 5. The summed E-state index contributed by atoms with van der Waals surface area (Å²) in [7, 11) is 0. The fourth-order valence-corrected chi connectivity index (χ4v) is 6.31. The molecule has 33 heavy (non-hydrogen) atoms. The van der Waals surface area contributed by atoms with Gasteiger partial charge in [0.1, 0.15) is 0 Å². The van der Waals surface area contributed by atoms with Crippen LogP contribution in [0.1, 0.15) is 17.5 Å². The van der Waals surface area contributed by atoms with E-state index in [1.807, 2.05) is 0 Å². The first-order valence-electron chi connectivity index (χ1n) is 11.5. The van der Waals surface area contributed by atoms with Crippen molar-refractivity contribution in [3.8, 4) is 44.5 Å². The van der Waals surface area contributed by atoms with E-state index >= 15 is 0 Å². The zero-order valence-electron chi connectivity index (χ0n) is 18.1. The largest absolute Gasteiger partial charge is 0.0836 e. The fraction of sp³-hybridized carbons (Fsp3) is 0.0625. The molecule has 0 atom stereocenters. The third-order valence-electron chi connectivity index (χ3n) is 7.14. The Balaban J connectivity index is 1.74. The van der Waals surface area contributed by atoms with Gasteiger partial charge in [0.25, 0.3) is 0 Å². The van der Waals surface area contributed by atoms with Gasteiger partial charge >= 0.3 is 0 Å². The predicted octanol–water partition coefficient (Wildman–Crippen LogP) is 9.54. The van der Waals surface area contributed by atoms with Crippen molar-refractivity contribution in [1.82, 2.24) is 0 Å². The van der Waals surface area contributed by atoms with Gasteiger partial charge in [-0.15, -0.1) is 0 Å². The minimum atomic E-state index is 1.07. The van der Waals surface area contributed by atoms with Gasteiger partial charge in [-0.2, -0.15) is 0 Å². The summed E-state index contributed by atoms with van der Waals surface area (Å²) >= 11 is 3.82. The van der Waals surface area contributed by atoms with E-state index in [1.54, 1.807) is 0 Å². The number of hydrogen-bond donors (Lipinski definition) is 0. The average Bonchev–Trinajstić information content (AvgIpc) is 3.21. The van der Waals surface area contributed by atoms with Gasteiger partial charge in [0, 0.05) is 4.47 Å². The molecule has 5 aromatic rings. The summed E-state index contributed by atoms with van der Waals surface area (Å²) < 4.78 is 1.16. The Morgan fingerprint density at radius 2 is 1.24 bits per heavy atom. The van der Waals surface area contributed by atoms with Crippen molar-refractivity contribution >= 4 is 32.8 Å². The summed E-state index contributed by atoms with van der Waals surface area (Å²) in [5.74, 6) is 0. The first-order chi connectivity index (χ1) is 16.3. The molecule has 0 heterocycles. The van der Waals surface area contributed by atoms with Gasteiger partial charge in [0.05, 0.1) is 0 Å². The van der Waals surface area contributed by atoms with Crippen LogP contribution in [0.2, 0.25) is 0 Å². The van der Waals surface area contributed by atoms with Crippen molar-refractivity contribution in [3.63, 3.8) is 0 Å². The second-order valence-corrected chi connectivity index (χ2v) is 9.74. The van der Waals surface area contributed by atoms with Gasteiger partial charge in [0.15, 0.2) is 0 Å². The Morgan fingerprint density at radius 1 is 0.576 bits per heavy atom. The second-order valence-electron chi connectivity index (χ2n) is 8.89. The number of halogens is 1. The molecule has 0 nitrogen and oxygen atoms in total. The smallest absolute Gasteiger partial charge is 0.0254 e. The van der Waals surface area contributed by atoms with Crippen molar-refractivity contribution < 1.29 is 0 Å². The van der Waals surface area contributed by atoms with Gasteiger partial charge in [-0.25, -0.2) is 0 Å². The van der Waals surface area contributed by atoms with Crippen molar-refractivity contribution in [2.75, 3.05) is 0 Å². The lowest BCUT2D eigenvalue weighted by Gasteiger charge is -2.25. The third kappa shape index (κ3) is 2.69. The first kappa shape index (κ1) is 19.1. The topological polar surface area (TPSA) is 0 Å². The van der Waals surface area contributed by atoms with E-state index in [4.69, 9.17) is 0 Å². The molecule has 0 unspecified atom stereocenters. The van der Waals surface area contributed by atoms with Gasteiger partial charge in [-0.3, -0.25) is 0 Å². The fourth-order valence-electron chi connectivity index (χ4n) is 5.85. The molecule has 0 bridgehead atoms. The number of hydrogen-bond acceptors (Lipinski definition) is 0. The van der Waals surface area contributed by atoms with Crippen LogP contribution in [0.5, 0.6) is 0 Å². The van der Waals surface area contributed by atoms with Crippen molar-refractivity contribution in [2.45, 2.75) is 12.8 Å². The van der Waals surface area contributed by atoms with Crippen molar-refractivity contribution in [1.29, 1.82) is 0 Å². The zero-order chi connectivity index (χ0) is 21.9. The molecule has 2 aliphatic rings. The molecule has 0 aromatic heterocycles. The first-order valence-corrected chi connectivity index (χ1v) is 12.3. The van der Waals surface area contributed by atoms with Crippen LogP contribution in [0, 0.1) is 0 Å². The number of rotatable bonds is 2. The third-order valence-corrected chi connectivity index (χ3v) is 7.83. The Kier molecular flexibility index (Phi) is 4.22. The summed E-state index contributed by atoms with van der Waals surface area (Å²) in [6, 6.07) is 33.2. The molecule has 0 radical (unpaired) electrons. The molecule has 0 aliphatic heterocycles. The molecule has 1 heteroatoms. The molecule has 0 saturated carbocycles. The number of allylic oxidation sites excluding steroid dienone is 1. The van der Waals surface area contributed by atoms with E-state index in [-0.39, 0.29) is 0 Å². The van der Waals surface area contributed by atoms with Crippen LogP contribution in [0.3, 0.4) is 0 Å². The van der Waals surface area contributed by atoms with Gasteiger partial charge in [-0.1, -0.05) is 113 Å². The Morgan fingerprint density at radius 3 is 2.00 bits per heavy atom. The molecule has 0 saturated heterocycles. The minimum Gasteiger partial charge on any atom is -0.0836 e. The Hall–Kier alpha value is -3.42. The maximum Gasteiger partial charge on any atom is 0.0254 e. The van der Waals surface area contributed by atoms with Gasteiger partial charge < -0.3 is 0 Å². The average molecular weight is 485 g/mol. The SMILES string of the molecule is Brc1ccc2c3c(cccc13)-c1c(-c3ccccc3)c3c(c(-c4ccccc4)c1-2)C=CCC3. The summed E-state index contributed by atoms with van der Waals surface area (Å²) in [5.41, 5.74) is 13.7. The van der Waals surface area contributed by atoms with E-state index in [0.29, 0.717) is 0 Å². The van der Waals surface area contributed by atoms with Gasteiger partial charge in [0.2, 0.25) is 0 Å². The molecular weight excluding hydrogens is 464 g/mol. The molecule has 0 spiro atoms. The summed E-state index contributed by atoms with van der Waals surface area (Å²) in [6.45, 7) is 0. The lowest BCUT2D eigenvalue weighted by molar-refractivity contribution is 0.989. The molecule has 2 aliphatic carbocycles. The highest BCUT2D eigenvalue weighted by molar-refractivity contribution is 9.10. The van der Waals surface area contributed by atoms with Crippen LogP contribution in [-0.2, 0) is 6.42 Å². The highest BCUT2D eigenvalue weighted by Crippen LogP contribution is 2.58. The predicted molar refractivity (Wildman–Crippen MR) is 144 cm³/mol. The van der Waals surface area contributed by atoms with Crippen LogP contribution in [0.15, 0.2) is 102 Å². The van der Waals surface area contributed by atoms with Crippen LogP contribution >= 0.6 is 15.9 Å². The lowest BCUT2D eigenvalue weighted by atomic mass is 9.78. The Bertz CT molecular complexity index is 1590. The summed E-state index contributed by atoms with van der Waals surface area (Å²) in [4.78, 5) is 0. The van der Waals surface area contributed by atoms with E-state index < -0.39 is 0 Å². The zero-order valence-corrected chi connectivity index (χ0v) is 19.7. The maximum atomic E-state index is 3.82. The van der Waals surface area contributed by atoms with Crippen molar-refractivity contribution in [2.24, 2.45) is 0 Å². The molecule has 0 amide bonds. The summed E-state index contributed by atoms with van der Waals surface area (Å²) in [5, 5.41) is 2.65. The second kappa shape index (κ2) is 7.30. The van der Waals surface area contributed by atoms with Crippen LogP contribution in [0.25, 0.3) is 61.4 Å². The van der Waals surface area contributed by atoms with E-state index in [0.717, 1.165) is 17.3 Å². The maximum absolute atomic E-state index is 3.82. The van der Waals surface area contributed by atoms with Gasteiger partial charge in [-0.05, 0) is 85.3 Å². The quantitative estimate of drug-likeness (QED) is 0.229. The van der Waals surface area contributed by atoms with E-state index in [2.05, 4.69) is 119 Å². The normalized spacial score (nSPS) is 13.2. The number of fused-ring (bicyclic) bond motifs is 4. The van der Waals surface area contributed by atoms with Crippen LogP contribution in [-0.4, -0.2) is 0 Å². The molecule has 0 fully saturated rings. The molecule has 7 rings (SSSR count). The highest BCUT2D eigenvalue weighted by Gasteiger charge is 2.32. The standard InChI is InChI=1S/C32H21Br/c33-27-19-18-26-30-24(27)16-9-17-25(30)31-28(20-10-3-1-4-11-20)22-14-7-8-15-23(22)29(32(26)31)21-12-5-2-6-13-21/h1-6,8-13,15-19H,7,14H2. The molecule has 5 aromatic carbocycles. The highest BCUT2D eigenvalue weighted by atomic mass is 79.9. The lowest BCUT2D eigenvalue weighted by Crippen LogP contribution is -2.04. The van der Waals surface area contributed by atoms with Crippen molar-refractivity contribution in [3.05, 3.63) is 113 Å². The monoisotopic (exact) mass is 484 g/mol. The molecular formula is C32H21Br. The van der Waals surface area contributed by atoms with Crippen LogP contribution in [0.4, 0.5) is 0 Å². The molecule has 156 valence electrons. The molecule has 0 N–H and O–H groups in total. The Labute approximate surface area is 202 Å².